The Balaban J connectivity index is 1.38. The minimum Gasteiger partial charge on any atom is -0.444 e. The number of likely N-dealkylation sites (tertiary alicyclic amines) is 1. The third-order valence-corrected chi connectivity index (χ3v) is 6.30. The van der Waals surface area contributed by atoms with E-state index < -0.39 is 5.60 Å². The van der Waals surface area contributed by atoms with Gasteiger partial charge < -0.3 is 10.1 Å². The Morgan fingerprint density at radius 2 is 1.82 bits per heavy atom. The van der Waals surface area contributed by atoms with Crippen molar-refractivity contribution in [1.29, 1.82) is 0 Å². The SMILES string of the molecule is CC(C)(C)OC(=O)N1[C@@H]2C[C@@H]2C[C@H]1C(=O)NC1CCCC(c2ccccc2)C1. The molecular formula is C23H32N2O3. The first kappa shape index (κ1) is 19.3. The van der Waals surface area contributed by atoms with Crippen LogP contribution in [0.3, 0.4) is 0 Å². The number of ether oxygens (including phenoxy) is 1. The van der Waals surface area contributed by atoms with Crippen molar-refractivity contribution < 1.29 is 14.3 Å². The molecule has 0 aromatic heterocycles. The van der Waals surface area contributed by atoms with Gasteiger partial charge in [-0.25, -0.2) is 4.79 Å². The Morgan fingerprint density at radius 1 is 1.07 bits per heavy atom. The molecule has 3 fully saturated rings. The zero-order chi connectivity index (χ0) is 19.9. The van der Waals surface area contributed by atoms with E-state index in [1.54, 1.807) is 4.90 Å². The van der Waals surface area contributed by atoms with Crippen LogP contribution in [0.5, 0.6) is 0 Å². The first-order valence-corrected chi connectivity index (χ1v) is 10.7. The molecule has 2 aliphatic carbocycles. The second-order valence-electron chi connectivity index (χ2n) is 9.68. The number of hydrogen-bond acceptors (Lipinski definition) is 3. The van der Waals surface area contributed by atoms with Crippen LogP contribution in [-0.2, 0) is 9.53 Å². The molecule has 0 bridgehead atoms. The Hall–Kier alpha value is -2.04. The quantitative estimate of drug-likeness (QED) is 0.848. The molecule has 1 aliphatic heterocycles. The smallest absolute Gasteiger partial charge is 0.411 e. The van der Waals surface area contributed by atoms with Crippen LogP contribution in [0, 0.1) is 5.92 Å². The van der Waals surface area contributed by atoms with Crippen molar-refractivity contribution in [2.45, 2.75) is 88.9 Å². The van der Waals surface area contributed by atoms with Gasteiger partial charge in [-0.2, -0.15) is 0 Å². The molecule has 1 saturated heterocycles. The lowest BCUT2D eigenvalue weighted by Crippen LogP contribution is -2.52. The van der Waals surface area contributed by atoms with Crippen molar-refractivity contribution in [3.63, 3.8) is 0 Å². The van der Waals surface area contributed by atoms with Crippen molar-refractivity contribution >= 4 is 12.0 Å². The van der Waals surface area contributed by atoms with Gasteiger partial charge in [0.15, 0.2) is 0 Å². The Labute approximate surface area is 167 Å². The average Bonchev–Trinajstić information content (AvgIpc) is 3.30. The van der Waals surface area contributed by atoms with Crippen LogP contribution in [0.15, 0.2) is 30.3 Å². The molecule has 2 amide bonds. The summed E-state index contributed by atoms with van der Waals surface area (Å²) < 4.78 is 5.57. The monoisotopic (exact) mass is 384 g/mol. The van der Waals surface area contributed by atoms with Gasteiger partial charge in [-0.3, -0.25) is 9.69 Å². The maximum Gasteiger partial charge on any atom is 0.411 e. The van der Waals surface area contributed by atoms with Crippen LogP contribution in [0.25, 0.3) is 0 Å². The fourth-order valence-corrected chi connectivity index (χ4v) is 4.91. The highest BCUT2D eigenvalue weighted by Gasteiger charge is 2.57. The summed E-state index contributed by atoms with van der Waals surface area (Å²) in [5.74, 6) is 0.961. The maximum absolute atomic E-state index is 13.0. The zero-order valence-electron chi connectivity index (χ0n) is 17.2. The minimum atomic E-state index is -0.544. The van der Waals surface area contributed by atoms with Crippen LogP contribution < -0.4 is 5.32 Å². The first-order valence-electron chi connectivity index (χ1n) is 10.7. The van der Waals surface area contributed by atoms with Gasteiger partial charge in [0.05, 0.1) is 0 Å². The van der Waals surface area contributed by atoms with Crippen LogP contribution in [0.4, 0.5) is 4.79 Å². The van der Waals surface area contributed by atoms with E-state index in [2.05, 4.69) is 29.6 Å². The molecule has 152 valence electrons. The molecule has 5 nitrogen and oxygen atoms in total. The van der Waals surface area contributed by atoms with Gasteiger partial charge in [0.25, 0.3) is 0 Å². The maximum atomic E-state index is 13.0. The molecule has 1 aromatic carbocycles. The summed E-state index contributed by atoms with van der Waals surface area (Å²) >= 11 is 0. The number of nitrogens with zero attached hydrogens (tertiary/aromatic N) is 1. The fourth-order valence-electron chi connectivity index (χ4n) is 4.91. The molecular weight excluding hydrogens is 352 g/mol. The number of nitrogens with one attached hydrogen (secondary N) is 1. The number of hydrogen-bond donors (Lipinski definition) is 1. The second kappa shape index (κ2) is 7.41. The largest absolute Gasteiger partial charge is 0.444 e. The molecule has 5 atom stereocenters. The molecule has 5 heteroatoms. The molecule has 3 aliphatic rings. The van der Waals surface area contributed by atoms with Gasteiger partial charge >= 0.3 is 6.09 Å². The predicted molar refractivity (Wildman–Crippen MR) is 108 cm³/mol. The van der Waals surface area contributed by atoms with Gasteiger partial charge in [-0.1, -0.05) is 36.8 Å². The summed E-state index contributed by atoms with van der Waals surface area (Å²) in [5.41, 5.74) is 0.816. The van der Waals surface area contributed by atoms with Gasteiger partial charge in [0.1, 0.15) is 11.6 Å². The van der Waals surface area contributed by atoms with Crippen molar-refractivity contribution in [3.05, 3.63) is 35.9 Å². The third-order valence-electron chi connectivity index (χ3n) is 6.30. The Kier molecular flexibility index (Phi) is 5.11. The lowest BCUT2D eigenvalue weighted by molar-refractivity contribution is -0.127. The van der Waals surface area contributed by atoms with Crippen molar-refractivity contribution in [2.24, 2.45) is 5.92 Å². The van der Waals surface area contributed by atoms with Crippen molar-refractivity contribution in [2.75, 3.05) is 0 Å². The number of carbonyl (C=O) groups is 2. The molecule has 28 heavy (non-hydrogen) atoms. The number of amides is 2. The van der Waals surface area contributed by atoms with Gasteiger partial charge in [0, 0.05) is 12.1 Å². The fraction of sp³-hybridized carbons (Fsp3) is 0.652. The number of carbonyl (C=O) groups excluding carboxylic acids is 2. The molecule has 0 spiro atoms. The predicted octanol–water partition coefficient (Wildman–Crippen LogP) is 4.23. The van der Waals surface area contributed by atoms with E-state index in [4.69, 9.17) is 4.74 Å². The molecule has 1 N–H and O–H groups in total. The molecule has 1 heterocycles. The number of piperidine rings is 1. The third kappa shape index (κ3) is 4.18. The van der Waals surface area contributed by atoms with Crippen molar-refractivity contribution in [3.8, 4) is 0 Å². The summed E-state index contributed by atoms with van der Waals surface area (Å²) in [7, 11) is 0. The summed E-state index contributed by atoms with van der Waals surface area (Å²) in [4.78, 5) is 27.4. The lowest BCUT2D eigenvalue weighted by Gasteiger charge is -2.33. The van der Waals surface area contributed by atoms with Gasteiger partial charge in [-0.05, 0) is 70.3 Å². The van der Waals surface area contributed by atoms with E-state index in [0.29, 0.717) is 11.8 Å². The Morgan fingerprint density at radius 3 is 2.54 bits per heavy atom. The van der Waals surface area contributed by atoms with Crippen LogP contribution in [-0.4, -0.2) is 40.6 Å². The standard InChI is InChI=1S/C23H32N2O3/c1-23(2,3)28-22(27)25-19-13-17(19)14-20(25)21(26)24-18-11-7-10-16(12-18)15-8-5-4-6-9-15/h4-6,8-9,16-20H,7,10-14H2,1-3H3,(H,24,26)/t16?,17-,18?,19-,20+/m1/s1. The second-order valence-corrected chi connectivity index (χ2v) is 9.68. The highest BCUT2D eigenvalue weighted by Crippen LogP contribution is 2.48. The molecule has 4 rings (SSSR count). The van der Waals surface area contributed by atoms with Crippen LogP contribution in [0.1, 0.15) is 70.8 Å². The van der Waals surface area contributed by atoms with E-state index in [9.17, 15) is 9.59 Å². The summed E-state index contributed by atoms with van der Waals surface area (Å²) in [5, 5.41) is 3.26. The normalized spacial score (nSPS) is 31.8. The number of rotatable bonds is 3. The lowest BCUT2D eigenvalue weighted by atomic mass is 9.81. The highest BCUT2D eigenvalue weighted by molar-refractivity contribution is 5.87. The minimum absolute atomic E-state index is 0.00299. The van der Waals surface area contributed by atoms with E-state index in [1.807, 2.05) is 26.8 Å². The number of fused-ring (bicyclic) bond motifs is 1. The highest BCUT2D eigenvalue weighted by atomic mass is 16.6. The van der Waals surface area contributed by atoms with E-state index in [1.165, 1.54) is 12.0 Å². The summed E-state index contributed by atoms with van der Waals surface area (Å²) in [6, 6.07) is 10.6. The molecule has 2 saturated carbocycles. The van der Waals surface area contributed by atoms with E-state index >= 15 is 0 Å². The Bertz CT molecular complexity index is 727. The summed E-state index contributed by atoms with van der Waals surface area (Å²) in [6.45, 7) is 5.60. The molecule has 1 aromatic rings. The molecule has 0 radical (unpaired) electrons. The van der Waals surface area contributed by atoms with Crippen molar-refractivity contribution in [1.82, 2.24) is 10.2 Å². The number of benzene rings is 1. The van der Waals surface area contributed by atoms with E-state index in [0.717, 1.165) is 32.1 Å². The van der Waals surface area contributed by atoms with Crippen LogP contribution >= 0.6 is 0 Å². The van der Waals surface area contributed by atoms with E-state index in [-0.39, 0.29) is 30.1 Å². The zero-order valence-corrected chi connectivity index (χ0v) is 17.2. The average molecular weight is 385 g/mol. The van der Waals surface area contributed by atoms with Crippen LogP contribution in [0.2, 0.25) is 0 Å². The van der Waals surface area contributed by atoms with Gasteiger partial charge in [0.2, 0.25) is 5.91 Å². The van der Waals surface area contributed by atoms with Gasteiger partial charge in [-0.15, -0.1) is 0 Å². The topological polar surface area (TPSA) is 58.6 Å². The molecule has 2 unspecified atom stereocenters. The first-order chi connectivity index (χ1) is 13.3. The summed E-state index contributed by atoms with van der Waals surface area (Å²) in [6.07, 6.45) is 5.71.